The van der Waals surface area contributed by atoms with Gasteiger partial charge in [0.15, 0.2) is 0 Å². The summed E-state index contributed by atoms with van der Waals surface area (Å²) >= 11 is 0. The van der Waals surface area contributed by atoms with E-state index in [4.69, 9.17) is 5.11 Å². The van der Waals surface area contributed by atoms with Gasteiger partial charge in [-0.05, 0) is 55.3 Å². The van der Waals surface area contributed by atoms with Crippen molar-refractivity contribution in [1.29, 1.82) is 0 Å². The molecule has 0 saturated heterocycles. The van der Waals surface area contributed by atoms with Crippen molar-refractivity contribution in [3.8, 4) is 11.3 Å². The number of hydrogen-bond donors (Lipinski definition) is 2. The summed E-state index contributed by atoms with van der Waals surface area (Å²) in [5.74, 6) is -1.16. The first-order valence-electron chi connectivity index (χ1n) is 8.26. The third kappa shape index (κ3) is 3.88. The molecule has 2 aromatic carbocycles. The molecule has 0 bridgehead atoms. The average molecular weight is 355 g/mol. The summed E-state index contributed by atoms with van der Waals surface area (Å²) in [6.45, 7) is 0.437. The first kappa shape index (κ1) is 17.6. The number of fused-ring (bicyclic) bond motifs is 1. The highest BCUT2D eigenvalue weighted by atomic mass is 19.1. The Bertz CT molecular complexity index is 921. The van der Waals surface area contributed by atoms with Crippen LogP contribution in [-0.2, 0) is 9.59 Å². The third-order valence-corrected chi connectivity index (χ3v) is 4.16. The van der Waals surface area contributed by atoms with Crippen LogP contribution in [-0.4, -0.2) is 34.2 Å². The summed E-state index contributed by atoms with van der Waals surface area (Å²) in [5, 5.41) is 16.7. The van der Waals surface area contributed by atoms with Gasteiger partial charge < -0.3 is 10.0 Å². The van der Waals surface area contributed by atoms with Crippen molar-refractivity contribution in [1.82, 2.24) is 10.2 Å². The number of rotatable bonds is 8. The maximum atomic E-state index is 13.1. The number of amides is 1. The predicted octanol–water partition coefficient (Wildman–Crippen LogP) is 3.59. The molecular formula is C19H18FN3O3. The first-order chi connectivity index (χ1) is 12.6. The third-order valence-electron chi connectivity index (χ3n) is 4.16. The molecule has 6 nitrogen and oxygen atoms in total. The Balaban J connectivity index is 1.85. The second-order valence-electron chi connectivity index (χ2n) is 5.96. The van der Waals surface area contributed by atoms with Gasteiger partial charge in [0.25, 0.3) is 0 Å². The van der Waals surface area contributed by atoms with Gasteiger partial charge in [0.2, 0.25) is 6.41 Å². The monoisotopic (exact) mass is 355 g/mol. The number of aliphatic carboxylic acids is 1. The summed E-state index contributed by atoms with van der Waals surface area (Å²) in [4.78, 5) is 23.6. The van der Waals surface area contributed by atoms with E-state index in [0.717, 1.165) is 22.9 Å². The largest absolute Gasteiger partial charge is 0.481 e. The van der Waals surface area contributed by atoms with Gasteiger partial charge in [-0.1, -0.05) is 0 Å². The number of aromatic amines is 1. The molecule has 3 rings (SSSR count). The number of unbranched alkanes of at least 4 members (excludes halogenated alkanes) is 1. The highest BCUT2D eigenvalue weighted by Gasteiger charge is 2.12. The van der Waals surface area contributed by atoms with Crippen LogP contribution in [0.3, 0.4) is 0 Å². The van der Waals surface area contributed by atoms with E-state index in [1.54, 1.807) is 23.1 Å². The molecule has 0 saturated carbocycles. The minimum absolute atomic E-state index is 0.0855. The molecule has 0 spiro atoms. The number of halogens is 1. The van der Waals surface area contributed by atoms with Crippen molar-refractivity contribution in [2.75, 3.05) is 11.4 Å². The van der Waals surface area contributed by atoms with Gasteiger partial charge in [-0.3, -0.25) is 14.7 Å². The van der Waals surface area contributed by atoms with E-state index in [9.17, 15) is 14.0 Å². The maximum absolute atomic E-state index is 13.1. The Morgan fingerprint density at radius 2 is 1.96 bits per heavy atom. The normalized spacial score (nSPS) is 10.8. The number of nitrogens with zero attached hydrogens (tertiary/aromatic N) is 2. The standard InChI is InChI=1S/C19H18FN3O3/c20-14-6-4-13(5-7-14)19-16-11-15(8-9-17(16)21-22-19)23(12-24)10-2-1-3-18(25)26/h4-9,11-12H,1-3,10H2,(H,21,22)(H,25,26). The van der Waals surface area contributed by atoms with E-state index in [-0.39, 0.29) is 12.2 Å². The van der Waals surface area contributed by atoms with E-state index < -0.39 is 5.97 Å². The highest BCUT2D eigenvalue weighted by Crippen LogP contribution is 2.29. The number of carbonyl (C=O) groups excluding carboxylic acids is 1. The second-order valence-corrected chi connectivity index (χ2v) is 5.96. The molecule has 1 heterocycles. The summed E-state index contributed by atoms with van der Waals surface area (Å²) in [6.07, 6.45) is 1.93. The molecule has 0 aliphatic rings. The molecule has 0 atom stereocenters. The number of hydrogen-bond acceptors (Lipinski definition) is 3. The van der Waals surface area contributed by atoms with Crippen molar-refractivity contribution in [2.24, 2.45) is 0 Å². The van der Waals surface area contributed by atoms with E-state index in [1.807, 2.05) is 12.1 Å². The number of nitrogens with one attached hydrogen (secondary N) is 1. The van der Waals surface area contributed by atoms with E-state index in [2.05, 4.69) is 10.2 Å². The molecule has 134 valence electrons. The van der Waals surface area contributed by atoms with Gasteiger partial charge in [0.1, 0.15) is 5.82 Å². The van der Waals surface area contributed by atoms with Gasteiger partial charge in [0, 0.05) is 29.6 Å². The number of aromatic nitrogens is 2. The van der Waals surface area contributed by atoms with Crippen molar-refractivity contribution >= 4 is 29.0 Å². The number of benzene rings is 2. The SMILES string of the molecule is O=CN(CCCCC(=O)O)c1ccc2[nH]nc(-c3ccc(F)cc3)c2c1. The van der Waals surface area contributed by atoms with Crippen LogP contribution in [0.5, 0.6) is 0 Å². The Morgan fingerprint density at radius 3 is 2.65 bits per heavy atom. The average Bonchev–Trinajstić information content (AvgIpc) is 3.05. The zero-order valence-corrected chi connectivity index (χ0v) is 14.0. The summed E-state index contributed by atoms with van der Waals surface area (Å²) in [5.41, 5.74) is 2.96. The molecule has 0 radical (unpaired) electrons. The van der Waals surface area contributed by atoms with Gasteiger partial charge in [-0.25, -0.2) is 4.39 Å². The van der Waals surface area contributed by atoms with Crippen LogP contribution in [0, 0.1) is 5.82 Å². The van der Waals surface area contributed by atoms with Crippen LogP contribution < -0.4 is 4.90 Å². The van der Waals surface area contributed by atoms with Crippen LogP contribution in [0.4, 0.5) is 10.1 Å². The fraction of sp³-hybridized carbons (Fsp3) is 0.211. The molecule has 0 fully saturated rings. The number of H-pyrrole nitrogens is 1. The lowest BCUT2D eigenvalue weighted by molar-refractivity contribution is -0.137. The molecule has 2 N–H and O–H groups in total. The van der Waals surface area contributed by atoms with Gasteiger partial charge in [0.05, 0.1) is 11.2 Å². The molecule has 1 amide bonds. The van der Waals surface area contributed by atoms with Crippen molar-refractivity contribution in [3.63, 3.8) is 0 Å². The molecule has 1 aromatic heterocycles. The predicted molar refractivity (Wildman–Crippen MR) is 96.4 cm³/mol. The molecule has 26 heavy (non-hydrogen) atoms. The first-order valence-corrected chi connectivity index (χ1v) is 8.26. The maximum Gasteiger partial charge on any atom is 0.303 e. The molecule has 3 aromatic rings. The highest BCUT2D eigenvalue weighted by molar-refractivity contribution is 5.96. The lowest BCUT2D eigenvalue weighted by atomic mass is 10.1. The molecule has 0 unspecified atom stereocenters. The van der Waals surface area contributed by atoms with E-state index >= 15 is 0 Å². The zero-order chi connectivity index (χ0) is 18.5. The Hall–Kier alpha value is -3.22. The topological polar surface area (TPSA) is 86.3 Å². The van der Waals surface area contributed by atoms with Gasteiger partial charge >= 0.3 is 5.97 Å². The molecular weight excluding hydrogens is 337 g/mol. The van der Waals surface area contributed by atoms with Crippen LogP contribution >= 0.6 is 0 Å². The quantitative estimate of drug-likeness (QED) is 0.478. The number of carbonyl (C=O) groups is 2. The van der Waals surface area contributed by atoms with Gasteiger partial charge in [-0.15, -0.1) is 0 Å². The number of carboxylic acids is 1. The zero-order valence-electron chi connectivity index (χ0n) is 14.0. The minimum Gasteiger partial charge on any atom is -0.481 e. The van der Waals surface area contributed by atoms with Crippen LogP contribution in [0.15, 0.2) is 42.5 Å². The molecule has 0 aliphatic carbocycles. The smallest absolute Gasteiger partial charge is 0.303 e. The van der Waals surface area contributed by atoms with Crippen LogP contribution in [0.2, 0.25) is 0 Å². The molecule has 7 heteroatoms. The lowest BCUT2D eigenvalue weighted by Gasteiger charge is -2.17. The van der Waals surface area contributed by atoms with Crippen LogP contribution in [0.25, 0.3) is 22.2 Å². The van der Waals surface area contributed by atoms with Crippen LogP contribution in [0.1, 0.15) is 19.3 Å². The van der Waals surface area contributed by atoms with Gasteiger partial charge in [-0.2, -0.15) is 5.10 Å². The summed E-state index contributed by atoms with van der Waals surface area (Å²) in [7, 11) is 0. The Labute approximate surface area is 149 Å². The number of anilines is 1. The van der Waals surface area contributed by atoms with Crippen molar-refractivity contribution < 1.29 is 19.1 Å². The van der Waals surface area contributed by atoms with Crippen molar-refractivity contribution in [3.05, 3.63) is 48.3 Å². The fourth-order valence-electron chi connectivity index (χ4n) is 2.81. The summed E-state index contributed by atoms with van der Waals surface area (Å²) < 4.78 is 13.1. The summed E-state index contributed by atoms with van der Waals surface area (Å²) in [6, 6.07) is 11.5. The fourth-order valence-corrected chi connectivity index (χ4v) is 2.81. The van der Waals surface area contributed by atoms with E-state index in [1.165, 1.54) is 12.1 Å². The Morgan fingerprint density at radius 1 is 1.19 bits per heavy atom. The van der Waals surface area contributed by atoms with Crippen molar-refractivity contribution in [2.45, 2.75) is 19.3 Å². The number of carboxylic acid groups (broad SMARTS) is 1. The van der Waals surface area contributed by atoms with E-state index in [0.29, 0.717) is 30.8 Å². The molecule has 0 aliphatic heterocycles. The minimum atomic E-state index is -0.841. The lowest BCUT2D eigenvalue weighted by Crippen LogP contribution is -2.22. The second kappa shape index (κ2) is 7.77. The Kier molecular flexibility index (Phi) is 5.26.